The molecule has 0 saturated heterocycles. The first-order valence-electron chi connectivity index (χ1n) is 9.81. The summed E-state index contributed by atoms with van der Waals surface area (Å²) in [6.45, 7) is -0.286. The van der Waals surface area contributed by atoms with Crippen LogP contribution in [-0.4, -0.2) is 45.0 Å². The summed E-state index contributed by atoms with van der Waals surface area (Å²) in [5, 5.41) is 0.547. The van der Waals surface area contributed by atoms with Gasteiger partial charge in [0.15, 0.2) is 0 Å². The summed E-state index contributed by atoms with van der Waals surface area (Å²) >= 11 is 0. The van der Waals surface area contributed by atoms with E-state index in [1.54, 1.807) is 12.3 Å². The molecule has 2 N–H and O–H groups in total. The lowest BCUT2D eigenvalue weighted by atomic mass is 10.00. The van der Waals surface area contributed by atoms with Gasteiger partial charge in [-0.05, 0) is 24.5 Å². The summed E-state index contributed by atoms with van der Waals surface area (Å²) < 4.78 is 53.0. The van der Waals surface area contributed by atoms with Crippen LogP contribution in [0.15, 0.2) is 55.0 Å². The number of nitrogens with zero attached hydrogens (tertiary/aromatic N) is 2. The highest BCUT2D eigenvalue weighted by Gasteiger charge is 2.30. The van der Waals surface area contributed by atoms with Crippen molar-refractivity contribution < 1.29 is 22.4 Å². The van der Waals surface area contributed by atoms with Crippen LogP contribution >= 0.6 is 0 Å². The molecule has 1 unspecified atom stereocenters. The fraction of sp³-hybridized carbons (Fsp3) is 0.273. The number of halogens is 4. The van der Waals surface area contributed by atoms with Crippen LogP contribution in [0.25, 0.3) is 22.2 Å². The third-order valence-electron chi connectivity index (χ3n) is 5.22. The van der Waals surface area contributed by atoms with Crippen LogP contribution in [0.1, 0.15) is 23.3 Å². The number of carbonyl (C=O) groups is 1. The van der Waals surface area contributed by atoms with Crippen molar-refractivity contribution in [1.82, 2.24) is 19.9 Å². The maximum Gasteiger partial charge on any atom is 0.390 e. The molecule has 0 bridgehead atoms. The molecule has 9 heteroatoms. The summed E-state index contributed by atoms with van der Waals surface area (Å²) in [4.78, 5) is 23.9. The molecular formula is C22H20F4N4O. The molecule has 162 valence electrons. The standard InChI is InChI=1S/C22H20F4N4O/c23-17-12-29-20-16(6-8-27-20)19(17)15-10-18(28-11-15)21(31)30(9-7-22(24,25)26)13-14-4-2-1-3-5-14/h1-4,6,8,10-12,14,28H,5,7,9,13H2,(H,27,29). The zero-order valence-corrected chi connectivity index (χ0v) is 16.4. The van der Waals surface area contributed by atoms with E-state index in [9.17, 15) is 22.4 Å². The summed E-state index contributed by atoms with van der Waals surface area (Å²) in [5.74, 6) is -1.18. The molecular weight excluding hydrogens is 412 g/mol. The minimum absolute atomic E-state index is 0.0614. The molecule has 0 spiro atoms. The fourth-order valence-corrected chi connectivity index (χ4v) is 3.70. The number of nitrogens with one attached hydrogen (secondary N) is 2. The lowest BCUT2D eigenvalue weighted by Gasteiger charge is -2.26. The molecule has 0 radical (unpaired) electrons. The maximum absolute atomic E-state index is 14.5. The second kappa shape index (κ2) is 8.41. The van der Waals surface area contributed by atoms with Crippen LogP contribution in [0.3, 0.4) is 0 Å². The maximum atomic E-state index is 14.5. The zero-order valence-electron chi connectivity index (χ0n) is 16.4. The predicted molar refractivity (Wildman–Crippen MR) is 109 cm³/mol. The van der Waals surface area contributed by atoms with Gasteiger partial charge < -0.3 is 14.9 Å². The number of H-pyrrole nitrogens is 2. The average Bonchev–Trinajstić information content (AvgIpc) is 3.40. The normalized spacial score (nSPS) is 16.2. The van der Waals surface area contributed by atoms with Crippen molar-refractivity contribution in [1.29, 1.82) is 0 Å². The first-order chi connectivity index (χ1) is 14.8. The summed E-state index contributed by atoms with van der Waals surface area (Å²) in [5.41, 5.74) is 1.29. The number of hydrogen-bond donors (Lipinski definition) is 2. The highest BCUT2D eigenvalue weighted by molar-refractivity contribution is 5.97. The van der Waals surface area contributed by atoms with Crippen molar-refractivity contribution in [2.75, 3.05) is 13.1 Å². The van der Waals surface area contributed by atoms with Crippen molar-refractivity contribution >= 4 is 16.9 Å². The largest absolute Gasteiger partial charge is 0.390 e. The minimum atomic E-state index is -4.37. The molecule has 5 nitrogen and oxygen atoms in total. The van der Waals surface area contributed by atoms with Gasteiger partial charge in [-0.15, -0.1) is 0 Å². The van der Waals surface area contributed by atoms with Crippen LogP contribution in [-0.2, 0) is 0 Å². The van der Waals surface area contributed by atoms with Crippen LogP contribution in [0, 0.1) is 11.7 Å². The molecule has 3 aromatic rings. The van der Waals surface area contributed by atoms with Crippen molar-refractivity contribution in [3.8, 4) is 11.1 Å². The molecule has 4 rings (SSSR count). The molecule has 1 amide bonds. The Balaban J connectivity index is 1.60. The van der Waals surface area contributed by atoms with Gasteiger partial charge in [0, 0.05) is 42.0 Å². The van der Waals surface area contributed by atoms with Crippen molar-refractivity contribution in [2.24, 2.45) is 5.92 Å². The quantitative estimate of drug-likeness (QED) is 0.525. The van der Waals surface area contributed by atoms with E-state index in [0.717, 1.165) is 6.20 Å². The molecule has 1 aliphatic rings. The summed E-state index contributed by atoms with van der Waals surface area (Å²) in [6, 6.07) is 3.14. The van der Waals surface area contributed by atoms with Gasteiger partial charge >= 0.3 is 6.18 Å². The Morgan fingerprint density at radius 1 is 1.26 bits per heavy atom. The lowest BCUT2D eigenvalue weighted by Crippen LogP contribution is -2.37. The number of carbonyl (C=O) groups excluding carboxylic acids is 1. The van der Waals surface area contributed by atoms with E-state index in [-0.39, 0.29) is 23.7 Å². The number of hydrogen-bond acceptors (Lipinski definition) is 2. The molecule has 3 heterocycles. The number of amides is 1. The Morgan fingerprint density at radius 2 is 2.10 bits per heavy atom. The first kappa shape index (κ1) is 20.9. The second-order valence-corrected chi connectivity index (χ2v) is 7.45. The van der Waals surface area contributed by atoms with Gasteiger partial charge in [-0.1, -0.05) is 24.3 Å². The number of aromatic amines is 2. The number of pyridine rings is 1. The van der Waals surface area contributed by atoms with E-state index in [2.05, 4.69) is 15.0 Å². The topological polar surface area (TPSA) is 64.8 Å². The van der Waals surface area contributed by atoms with Gasteiger partial charge in [-0.2, -0.15) is 13.2 Å². The Morgan fingerprint density at radius 3 is 2.84 bits per heavy atom. The number of allylic oxidation sites excluding steroid dienone is 3. The predicted octanol–water partition coefficient (Wildman–Crippen LogP) is 5.22. The van der Waals surface area contributed by atoms with Crippen molar-refractivity contribution in [2.45, 2.75) is 19.0 Å². The van der Waals surface area contributed by atoms with E-state index in [1.165, 1.54) is 17.2 Å². The van der Waals surface area contributed by atoms with Crippen LogP contribution in [0.5, 0.6) is 0 Å². The Labute approximate surface area is 175 Å². The lowest BCUT2D eigenvalue weighted by molar-refractivity contribution is -0.136. The number of alkyl halides is 3. The van der Waals surface area contributed by atoms with Gasteiger partial charge in [0.25, 0.3) is 5.91 Å². The average molecular weight is 432 g/mol. The molecule has 0 fully saturated rings. The summed E-state index contributed by atoms with van der Waals surface area (Å²) in [6.07, 6.45) is 6.84. The smallest absolute Gasteiger partial charge is 0.357 e. The van der Waals surface area contributed by atoms with E-state index < -0.39 is 30.9 Å². The molecule has 1 aliphatic carbocycles. The summed E-state index contributed by atoms with van der Waals surface area (Å²) in [7, 11) is 0. The van der Waals surface area contributed by atoms with E-state index in [0.29, 0.717) is 23.0 Å². The van der Waals surface area contributed by atoms with Crippen LogP contribution < -0.4 is 0 Å². The molecule has 0 aliphatic heterocycles. The molecule has 0 aromatic carbocycles. The number of rotatable bonds is 6. The van der Waals surface area contributed by atoms with E-state index in [4.69, 9.17) is 0 Å². The SMILES string of the molecule is O=C(c1cc(-c2c(F)cnc3[nH]ccc23)c[nH]1)N(CCC(F)(F)F)CC1C=CC=CC1. The van der Waals surface area contributed by atoms with Crippen molar-refractivity contribution in [3.05, 3.63) is 66.5 Å². The number of aromatic nitrogens is 3. The number of fused-ring (bicyclic) bond motifs is 1. The Kier molecular flexibility index (Phi) is 5.67. The van der Waals surface area contributed by atoms with Gasteiger partial charge in [0.2, 0.25) is 0 Å². The van der Waals surface area contributed by atoms with Gasteiger partial charge in [-0.25, -0.2) is 9.37 Å². The minimum Gasteiger partial charge on any atom is -0.357 e. The van der Waals surface area contributed by atoms with E-state index in [1.807, 2.05) is 24.3 Å². The highest BCUT2D eigenvalue weighted by Crippen LogP contribution is 2.31. The first-order valence-corrected chi connectivity index (χ1v) is 9.81. The fourth-order valence-electron chi connectivity index (χ4n) is 3.70. The highest BCUT2D eigenvalue weighted by atomic mass is 19.4. The van der Waals surface area contributed by atoms with E-state index >= 15 is 0 Å². The Bertz CT molecular complexity index is 1140. The van der Waals surface area contributed by atoms with Gasteiger partial charge in [0.05, 0.1) is 12.6 Å². The third kappa shape index (κ3) is 4.70. The van der Waals surface area contributed by atoms with Gasteiger partial charge in [0.1, 0.15) is 17.2 Å². The molecule has 0 saturated carbocycles. The van der Waals surface area contributed by atoms with Crippen LogP contribution in [0.2, 0.25) is 0 Å². The van der Waals surface area contributed by atoms with Crippen LogP contribution in [0.4, 0.5) is 17.6 Å². The molecule has 1 atom stereocenters. The molecule has 3 aromatic heterocycles. The van der Waals surface area contributed by atoms with Gasteiger partial charge in [-0.3, -0.25) is 4.79 Å². The zero-order chi connectivity index (χ0) is 22.0. The van der Waals surface area contributed by atoms with Crippen molar-refractivity contribution in [3.63, 3.8) is 0 Å². The monoisotopic (exact) mass is 432 g/mol. The third-order valence-corrected chi connectivity index (χ3v) is 5.22. The molecule has 31 heavy (non-hydrogen) atoms. The Hall–Kier alpha value is -3.36. The second-order valence-electron chi connectivity index (χ2n) is 7.45.